The number of hydrogen-bond acceptors (Lipinski definition) is 3. The first-order chi connectivity index (χ1) is 9.49. The van der Waals surface area contributed by atoms with Crippen LogP contribution in [0.15, 0.2) is 21.1 Å². The van der Waals surface area contributed by atoms with E-state index in [1.165, 1.54) is 0 Å². The van der Waals surface area contributed by atoms with Gasteiger partial charge in [0.2, 0.25) is 5.91 Å². The Kier molecular flexibility index (Phi) is 7.64. The summed E-state index contributed by atoms with van der Waals surface area (Å²) in [6.07, 6.45) is 1.09. The smallest absolute Gasteiger partial charge is 0.238 e. The lowest BCUT2D eigenvalue weighted by Gasteiger charge is -2.16. The van der Waals surface area contributed by atoms with Gasteiger partial charge in [-0.3, -0.25) is 9.69 Å². The van der Waals surface area contributed by atoms with Crippen molar-refractivity contribution in [3.05, 3.63) is 26.6 Å². The van der Waals surface area contributed by atoms with Crippen LogP contribution in [0.25, 0.3) is 0 Å². The van der Waals surface area contributed by atoms with E-state index in [2.05, 4.69) is 42.1 Å². The summed E-state index contributed by atoms with van der Waals surface area (Å²) >= 11 is 6.97. The molecule has 3 N–H and O–H groups in total. The lowest BCUT2D eigenvalue weighted by Crippen LogP contribution is -2.32. The number of hydrogen-bond donors (Lipinski definition) is 2. The first kappa shape index (κ1) is 18.9. The highest BCUT2D eigenvalue weighted by molar-refractivity contribution is 9.11. The molecule has 1 atom stereocenters. The van der Waals surface area contributed by atoms with Gasteiger partial charge in [0.1, 0.15) is 0 Å². The van der Waals surface area contributed by atoms with Crippen LogP contribution in [0.3, 0.4) is 0 Å². The van der Waals surface area contributed by atoms with E-state index < -0.39 is 0 Å². The van der Waals surface area contributed by atoms with Crippen LogP contribution in [0.2, 0.25) is 0 Å². The standard InChI is InChI=1S/C14H19Br2N3O.ClH/c1-9-4-11(15)14(12(16)5-9)18-13(20)8-19-3-2-10(6-17)7-19;/h4-5,10H,2-3,6-8,17H2,1H3,(H,18,20);1H. The van der Waals surface area contributed by atoms with Gasteiger partial charge in [0, 0.05) is 15.5 Å². The van der Waals surface area contributed by atoms with Gasteiger partial charge in [-0.05, 0) is 81.9 Å². The van der Waals surface area contributed by atoms with Crippen molar-refractivity contribution < 1.29 is 4.79 Å². The van der Waals surface area contributed by atoms with E-state index in [9.17, 15) is 4.79 Å². The number of rotatable bonds is 4. The van der Waals surface area contributed by atoms with E-state index in [4.69, 9.17) is 5.73 Å². The van der Waals surface area contributed by atoms with Crippen molar-refractivity contribution in [1.82, 2.24) is 4.90 Å². The Bertz CT molecular complexity index is 490. The molecular formula is C14H20Br2ClN3O. The van der Waals surface area contributed by atoms with Crippen molar-refractivity contribution in [2.45, 2.75) is 13.3 Å². The SMILES string of the molecule is Cc1cc(Br)c(NC(=O)CN2CCC(CN)C2)c(Br)c1.Cl. The summed E-state index contributed by atoms with van der Waals surface area (Å²) in [5.74, 6) is 0.536. The Hall–Kier alpha value is -0.140. The molecule has 1 amide bonds. The molecule has 4 nitrogen and oxygen atoms in total. The number of carbonyl (C=O) groups is 1. The zero-order chi connectivity index (χ0) is 14.7. The molecule has 0 spiro atoms. The molecule has 1 aromatic rings. The number of aryl methyl sites for hydroxylation is 1. The normalized spacial score (nSPS) is 18.4. The number of benzene rings is 1. The Morgan fingerprint density at radius 2 is 2.05 bits per heavy atom. The van der Waals surface area contributed by atoms with Crippen molar-refractivity contribution in [3.63, 3.8) is 0 Å². The van der Waals surface area contributed by atoms with Gasteiger partial charge in [0.15, 0.2) is 0 Å². The fourth-order valence-corrected chi connectivity index (χ4v) is 4.06. The fraction of sp³-hybridized carbons (Fsp3) is 0.500. The summed E-state index contributed by atoms with van der Waals surface area (Å²) in [7, 11) is 0. The van der Waals surface area contributed by atoms with E-state index in [0.717, 1.165) is 39.7 Å². The molecule has 1 aliphatic heterocycles. The van der Waals surface area contributed by atoms with Crippen LogP contribution in [0.4, 0.5) is 5.69 Å². The average Bonchev–Trinajstić information content (AvgIpc) is 2.81. The van der Waals surface area contributed by atoms with Crippen molar-refractivity contribution in [2.75, 3.05) is 31.5 Å². The second kappa shape index (κ2) is 8.48. The van der Waals surface area contributed by atoms with Crippen LogP contribution in [0.1, 0.15) is 12.0 Å². The maximum Gasteiger partial charge on any atom is 0.238 e. The quantitative estimate of drug-likeness (QED) is 0.755. The lowest BCUT2D eigenvalue weighted by atomic mass is 10.1. The molecule has 1 heterocycles. The largest absolute Gasteiger partial charge is 0.330 e. The number of halogens is 3. The number of nitrogens with zero attached hydrogens (tertiary/aromatic N) is 1. The van der Waals surface area contributed by atoms with E-state index in [-0.39, 0.29) is 18.3 Å². The van der Waals surface area contributed by atoms with Gasteiger partial charge in [-0.2, -0.15) is 0 Å². The number of nitrogens with two attached hydrogens (primary N) is 1. The monoisotopic (exact) mass is 439 g/mol. The minimum Gasteiger partial charge on any atom is -0.330 e. The van der Waals surface area contributed by atoms with E-state index >= 15 is 0 Å². The Labute approximate surface area is 148 Å². The van der Waals surface area contributed by atoms with Crippen LogP contribution in [-0.4, -0.2) is 37.0 Å². The second-order valence-electron chi connectivity index (χ2n) is 5.28. The van der Waals surface area contributed by atoms with Crippen molar-refractivity contribution >= 4 is 55.9 Å². The first-order valence-electron chi connectivity index (χ1n) is 6.67. The van der Waals surface area contributed by atoms with Gasteiger partial charge in [0.25, 0.3) is 0 Å². The van der Waals surface area contributed by atoms with E-state index in [1.54, 1.807) is 0 Å². The number of likely N-dealkylation sites (tertiary alicyclic amines) is 1. The molecule has 0 bridgehead atoms. The molecule has 1 saturated heterocycles. The summed E-state index contributed by atoms with van der Waals surface area (Å²) in [5, 5.41) is 2.96. The molecule has 118 valence electrons. The van der Waals surface area contributed by atoms with Crippen molar-refractivity contribution in [2.24, 2.45) is 11.7 Å². The number of carbonyl (C=O) groups excluding carboxylic acids is 1. The van der Waals surface area contributed by atoms with Gasteiger partial charge in [0.05, 0.1) is 12.2 Å². The van der Waals surface area contributed by atoms with Crippen LogP contribution in [-0.2, 0) is 4.79 Å². The predicted octanol–water partition coefficient (Wildman–Crippen LogP) is 3.16. The highest BCUT2D eigenvalue weighted by Crippen LogP contribution is 2.32. The molecule has 1 aliphatic rings. The molecular weight excluding hydrogens is 421 g/mol. The minimum atomic E-state index is 0. The molecule has 21 heavy (non-hydrogen) atoms. The Morgan fingerprint density at radius 1 is 1.43 bits per heavy atom. The molecule has 1 aromatic carbocycles. The average molecular weight is 442 g/mol. The highest BCUT2D eigenvalue weighted by atomic mass is 79.9. The summed E-state index contributed by atoms with van der Waals surface area (Å²) in [5.41, 5.74) is 7.58. The summed E-state index contributed by atoms with van der Waals surface area (Å²) in [6.45, 7) is 5.00. The van der Waals surface area contributed by atoms with E-state index in [0.29, 0.717) is 19.0 Å². The number of nitrogens with one attached hydrogen (secondary N) is 1. The van der Waals surface area contributed by atoms with Crippen LogP contribution in [0, 0.1) is 12.8 Å². The zero-order valence-electron chi connectivity index (χ0n) is 11.9. The summed E-state index contributed by atoms with van der Waals surface area (Å²) in [4.78, 5) is 14.3. The topological polar surface area (TPSA) is 58.4 Å². The maximum absolute atomic E-state index is 12.1. The molecule has 0 aliphatic carbocycles. The van der Waals surface area contributed by atoms with Gasteiger partial charge in [-0.15, -0.1) is 12.4 Å². The van der Waals surface area contributed by atoms with Crippen LogP contribution in [0.5, 0.6) is 0 Å². The Morgan fingerprint density at radius 3 is 2.57 bits per heavy atom. The lowest BCUT2D eigenvalue weighted by molar-refractivity contribution is -0.117. The van der Waals surface area contributed by atoms with Crippen LogP contribution >= 0.6 is 44.3 Å². The first-order valence-corrected chi connectivity index (χ1v) is 8.26. The zero-order valence-corrected chi connectivity index (χ0v) is 15.9. The number of anilines is 1. The Balaban J connectivity index is 0.00000220. The third-order valence-corrected chi connectivity index (χ3v) is 4.77. The van der Waals surface area contributed by atoms with Crippen molar-refractivity contribution in [3.8, 4) is 0 Å². The molecule has 7 heteroatoms. The third kappa shape index (κ3) is 5.21. The van der Waals surface area contributed by atoms with Crippen molar-refractivity contribution in [1.29, 1.82) is 0 Å². The van der Waals surface area contributed by atoms with Gasteiger partial charge < -0.3 is 11.1 Å². The van der Waals surface area contributed by atoms with Crippen LogP contribution < -0.4 is 11.1 Å². The predicted molar refractivity (Wildman–Crippen MR) is 96.1 cm³/mol. The second-order valence-corrected chi connectivity index (χ2v) is 6.99. The molecule has 0 aromatic heterocycles. The van der Waals surface area contributed by atoms with Gasteiger partial charge in [-0.25, -0.2) is 0 Å². The summed E-state index contributed by atoms with van der Waals surface area (Å²) < 4.78 is 1.78. The molecule has 2 rings (SSSR count). The molecule has 1 unspecified atom stereocenters. The summed E-state index contributed by atoms with van der Waals surface area (Å²) in [6, 6.07) is 3.97. The van der Waals surface area contributed by atoms with Gasteiger partial charge in [-0.1, -0.05) is 0 Å². The maximum atomic E-state index is 12.1. The minimum absolute atomic E-state index is 0. The highest BCUT2D eigenvalue weighted by Gasteiger charge is 2.23. The number of amides is 1. The third-order valence-electron chi connectivity index (χ3n) is 3.52. The van der Waals surface area contributed by atoms with E-state index in [1.807, 2.05) is 19.1 Å². The molecule has 0 saturated carbocycles. The fourth-order valence-electron chi connectivity index (χ4n) is 2.45. The molecule has 0 radical (unpaired) electrons. The molecule has 1 fully saturated rings. The van der Waals surface area contributed by atoms with Gasteiger partial charge >= 0.3 is 0 Å².